The SMILES string of the molecule is CCOc1ccc(OC(C)C(=O)NNC(=O)Cn2cnc3c(C)cccc3c2=O)cc1. The summed E-state index contributed by atoms with van der Waals surface area (Å²) in [6, 6.07) is 12.1. The van der Waals surface area contributed by atoms with Crippen molar-refractivity contribution >= 4 is 22.7 Å². The molecule has 2 amide bonds. The van der Waals surface area contributed by atoms with E-state index in [-0.39, 0.29) is 12.1 Å². The highest BCUT2D eigenvalue weighted by Gasteiger charge is 2.16. The zero-order chi connectivity index (χ0) is 22.4. The van der Waals surface area contributed by atoms with Gasteiger partial charge < -0.3 is 9.47 Å². The van der Waals surface area contributed by atoms with Gasteiger partial charge >= 0.3 is 0 Å². The summed E-state index contributed by atoms with van der Waals surface area (Å²) in [5, 5.41) is 0.428. The number of aryl methyl sites for hydroxylation is 1. The van der Waals surface area contributed by atoms with Crippen LogP contribution in [-0.2, 0) is 16.1 Å². The van der Waals surface area contributed by atoms with Crippen LogP contribution in [0.3, 0.4) is 0 Å². The molecular weight excluding hydrogens is 400 g/mol. The second-order valence-corrected chi connectivity index (χ2v) is 6.85. The lowest BCUT2D eigenvalue weighted by Gasteiger charge is -2.15. The predicted molar refractivity (Wildman–Crippen MR) is 115 cm³/mol. The number of hydrogen-bond acceptors (Lipinski definition) is 6. The summed E-state index contributed by atoms with van der Waals surface area (Å²) in [5.74, 6) is 0.0775. The minimum Gasteiger partial charge on any atom is -0.494 e. The van der Waals surface area contributed by atoms with E-state index < -0.39 is 17.9 Å². The van der Waals surface area contributed by atoms with E-state index in [1.165, 1.54) is 10.9 Å². The van der Waals surface area contributed by atoms with Gasteiger partial charge in [-0.2, -0.15) is 0 Å². The summed E-state index contributed by atoms with van der Waals surface area (Å²) in [7, 11) is 0. The van der Waals surface area contributed by atoms with Gasteiger partial charge in [0.25, 0.3) is 17.4 Å². The van der Waals surface area contributed by atoms with Crippen LogP contribution in [0.1, 0.15) is 19.4 Å². The van der Waals surface area contributed by atoms with E-state index in [0.717, 1.165) is 5.56 Å². The molecule has 9 nitrogen and oxygen atoms in total. The molecule has 3 aromatic rings. The molecular formula is C22H24N4O5. The standard InChI is InChI=1S/C22H24N4O5/c1-4-30-16-8-10-17(11-9-16)31-15(3)21(28)25-24-19(27)12-26-13-23-20-14(2)6-5-7-18(20)22(26)29/h5-11,13,15H,4,12H2,1-3H3,(H,24,27)(H,25,28). The van der Waals surface area contributed by atoms with Gasteiger partial charge in [-0.1, -0.05) is 12.1 Å². The van der Waals surface area contributed by atoms with Gasteiger partial charge in [-0.15, -0.1) is 0 Å². The molecule has 1 aromatic heterocycles. The lowest BCUT2D eigenvalue weighted by molar-refractivity contribution is -0.133. The molecule has 9 heteroatoms. The lowest BCUT2D eigenvalue weighted by Crippen LogP contribution is -2.48. The third-order valence-electron chi connectivity index (χ3n) is 4.51. The Kier molecular flexibility index (Phi) is 6.86. The molecule has 31 heavy (non-hydrogen) atoms. The van der Waals surface area contributed by atoms with Crippen molar-refractivity contribution in [2.75, 3.05) is 6.61 Å². The van der Waals surface area contributed by atoms with Crippen molar-refractivity contribution in [1.29, 1.82) is 0 Å². The molecule has 0 spiro atoms. The van der Waals surface area contributed by atoms with E-state index in [0.29, 0.717) is 29.0 Å². The number of benzene rings is 2. The molecule has 1 unspecified atom stereocenters. The monoisotopic (exact) mass is 424 g/mol. The number of nitrogens with one attached hydrogen (secondary N) is 2. The molecule has 3 rings (SSSR count). The maximum Gasteiger partial charge on any atom is 0.279 e. The third kappa shape index (κ3) is 5.39. The van der Waals surface area contributed by atoms with Crippen LogP contribution in [0.5, 0.6) is 11.5 Å². The zero-order valence-corrected chi connectivity index (χ0v) is 17.5. The Labute approximate surface area is 179 Å². The van der Waals surface area contributed by atoms with Crippen molar-refractivity contribution in [3.63, 3.8) is 0 Å². The highest BCUT2D eigenvalue weighted by atomic mass is 16.5. The highest BCUT2D eigenvalue weighted by Crippen LogP contribution is 2.18. The Morgan fingerprint density at radius 2 is 1.81 bits per heavy atom. The summed E-state index contributed by atoms with van der Waals surface area (Å²) in [5.41, 5.74) is 5.72. The molecule has 2 aromatic carbocycles. The van der Waals surface area contributed by atoms with Gasteiger partial charge in [0.15, 0.2) is 6.10 Å². The average molecular weight is 424 g/mol. The van der Waals surface area contributed by atoms with Crippen LogP contribution in [0.25, 0.3) is 10.9 Å². The van der Waals surface area contributed by atoms with E-state index in [2.05, 4.69) is 15.8 Å². The van der Waals surface area contributed by atoms with Gasteiger partial charge in [-0.05, 0) is 56.7 Å². The second kappa shape index (κ2) is 9.75. The largest absolute Gasteiger partial charge is 0.494 e. The first kappa shape index (κ1) is 21.8. The van der Waals surface area contributed by atoms with Crippen molar-refractivity contribution < 1.29 is 19.1 Å². The zero-order valence-electron chi connectivity index (χ0n) is 17.5. The molecule has 1 heterocycles. The summed E-state index contributed by atoms with van der Waals surface area (Å²) < 4.78 is 12.1. The van der Waals surface area contributed by atoms with Gasteiger partial charge in [-0.3, -0.25) is 29.8 Å². The van der Waals surface area contributed by atoms with Crippen molar-refractivity contribution in [1.82, 2.24) is 20.4 Å². The molecule has 0 aliphatic rings. The smallest absolute Gasteiger partial charge is 0.279 e. The van der Waals surface area contributed by atoms with Crippen molar-refractivity contribution in [2.45, 2.75) is 33.4 Å². The van der Waals surface area contributed by atoms with E-state index in [1.54, 1.807) is 43.3 Å². The van der Waals surface area contributed by atoms with Crippen LogP contribution in [-0.4, -0.2) is 34.1 Å². The van der Waals surface area contributed by atoms with Crippen molar-refractivity contribution in [3.8, 4) is 11.5 Å². The topological polar surface area (TPSA) is 112 Å². The molecule has 2 N–H and O–H groups in total. The van der Waals surface area contributed by atoms with Gasteiger partial charge in [-0.25, -0.2) is 4.98 Å². The number of rotatable bonds is 7. The fourth-order valence-electron chi connectivity index (χ4n) is 2.92. The normalized spacial score (nSPS) is 11.6. The third-order valence-corrected chi connectivity index (χ3v) is 4.51. The molecule has 162 valence electrons. The van der Waals surface area contributed by atoms with Gasteiger partial charge in [0.1, 0.15) is 18.0 Å². The molecule has 0 bridgehead atoms. The Morgan fingerprint density at radius 3 is 2.52 bits per heavy atom. The molecule has 1 atom stereocenters. The number of ether oxygens (including phenoxy) is 2. The summed E-state index contributed by atoms with van der Waals surface area (Å²) >= 11 is 0. The molecule has 0 fully saturated rings. The molecule has 0 radical (unpaired) electrons. The first-order valence-electron chi connectivity index (χ1n) is 9.82. The first-order chi connectivity index (χ1) is 14.9. The Bertz CT molecular complexity index is 1140. The lowest BCUT2D eigenvalue weighted by atomic mass is 10.1. The van der Waals surface area contributed by atoms with Crippen LogP contribution in [0.2, 0.25) is 0 Å². The second-order valence-electron chi connectivity index (χ2n) is 6.85. The Hall–Kier alpha value is -3.88. The minimum atomic E-state index is -0.855. The summed E-state index contributed by atoms with van der Waals surface area (Å²) in [6.45, 7) is 5.57. The molecule has 0 saturated carbocycles. The molecule has 0 aliphatic carbocycles. The summed E-state index contributed by atoms with van der Waals surface area (Å²) in [4.78, 5) is 41.2. The molecule has 0 saturated heterocycles. The average Bonchev–Trinajstić information content (AvgIpc) is 2.76. The van der Waals surface area contributed by atoms with Crippen molar-refractivity contribution in [3.05, 3.63) is 64.7 Å². The Morgan fingerprint density at radius 1 is 1.10 bits per heavy atom. The number of carbonyl (C=O) groups is 2. The number of hydrazine groups is 1. The maximum absolute atomic E-state index is 12.6. The minimum absolute atomic E-state index is 0.288. The predicted octanol–water partition coefficient (Wildman–Crippen LogP) is 1.72. The number of hydrogen-bond donors (Lipinski definition) is 2. The number of fused-ring (bicyclic) bond motifs is 1. The van der Waals surface area contributed by atoms with Gasteiger partial charge in [0.05, 0.1) is 23.8 Å². The quantitative estimate of drug-likeness (QED) is 0.559. The van der Waals surface area contributed by atoms with Gasteiger partial charge in [0.2, 0.25) is 0 Å². The van der Waals surface area contributed by atoms with Crippen LogP contribution in [0, 0.1) is 6.92 Å². The number of para-hydroxylation sites is 1. The van der Waals surface area contributed by atoms with Crippen LogP contribution < -0.4 is 25.9 Å². The van der Waals surface area contributed by atoms with Crippen LogP contribution in [0.4, 0.5) is 0 Å². The van der Waals surface area contributed by atoms with Crippen LogP contribution >= 0.6 is 0 Å². The highest BCUT2D eigenvalue weighted by molar-refractivity contribution is 5.85. The van der Waals surface area contributed by atoms with Crippen LogP contribution in [0.15, 0.2) is 53.6 Å². The summed E-state index contributed by atoms with van der Waals surface area (Å²) in [6.07, 6.45) is 0.461. The van der Waals surface area contributed by atoms with E-state index in [9.17, 15) is 14.4 Å². The fraction of sp³-hybridized carbons (Fsp3) is 0.273. The first-order valence-corrected chi connectivity index (χ1v) is 9.82. The van der Waals surface area contributed by atoms with E-state index >= 15 is 0 Å². The number of amides is 2. The van der Waals surface area contributed by atoms with Gasteiger partial charge in [0, 0.05) is 0 Å². The van der Waals surface area contributed by atoms with E-state index in [4.69, 9.17) is 9.47 Å². The Balaban J connectivity index is 1.54. The maximum atomic E-state index is 12.6. The number of aromatic nitrogens is 2. The van der Waals surface area contributed by atoms with E-state index in [1.807, 2.05) is 19.9 Å². The fourth-order valence-corrected chi connectivity index (χ4v) is 2.92. The molecule has 0 aliphatic heterocycles. The van der Waals surface area contributed by atoms with Crippen molar-refractivity contribution in [2.24, 2.45) is 0 Å². The number of nitrogens with zero attached hydrogens (tertiary/aromatic N) is 2. The number of carbonyl (C=O) groups excluding carboxylic acids is 2.